The van der Waals surface area contributed by atoms with Gasteiger partial charge in [0.15, 0.2) is 0 Å². The third-order valence-corrected chi connectivity index (χ3v) is 0.687. The van der Waals surface area contributed by atoms with E-state index in [-0.39, 0.29) is 31.1 Å². The van der Waals surface area contributed by atoms with Gasteiger partial charge in [0.05, 0.1) is 0 Å². The summed E-state index contributed by atoms with van der Waals surface area (Å²) in [6.07, 6.45) is 0. The van der Waals surface area contributed by atoms with E-state index in [1.165, 1.54) is 0 Å². The quantitative estimate of drug-likeness (QED) is 0.356. The normalized spacial score (nSPS) is 8.00. The standard InChI is InChI=1S/C3H6N6.2C2H6O/c4-1-7-2(5)9-3(6)8-1;2*1-2-3/h(H6,4,5,6,7,8,9);2*3H,2H2,1H3. The van der Waals surface area contributed by atoms with Crippen LogP contribution in [0.4, 0.5) is 17.8 Å². The average molecular weight is 218 g/mol. The molecular weight excluding hydrogens is 200 g/mol. The molecule has 1 aromatic rings. The summed E-state index contributed by atoms with van der Waals surface area (Å²) < 4.78 is 0. The molecule has 15 heavy (non-hydrogen) atoms. The molecule has 8 heteroatoms. The Hall–Kier alpha value is -1.67. The van der Waals surface area contributed by atoms with Crippen molar-refractivity contribution in [2.24, 2.45) is 0 Å². The van der Waals surface area contributed by atoms with E-state index >= 15 is 0 Å². The van der Waals surface area contributed by atoms with Crippen molar-refractivity contribution in [2.75, 3.05) is 30.4 Å². The van der Waals surface area contributed by atoms with Crippen LogP contribution in [0.1, 0.15) is 13.8 Å². The molecule has 0 atom stereocenters. The Kier molecular flexibility index (Phi) is 11.0. The molecule has 0 saturated heterocycles. The summed E-state index contributed by atoms with van der Waals surface area (Å²) in [6.45, 7) is 3.86. The van der Waals surface area contributed by atoms with Gasteiger partial charge in [0, 0.05) is 13.2 Å². The van der Waals surface area contributed by atoms with Crippen molar-refractivity contribution in [2.45, 2.75) is 13.8 Å². The smallest absolute Gasteiger partial charge is 0.226 e. The van der Waals surface area contributed by atoms with Gasteiger partial charge in [-0.3, -0.25) is 0 Å². The number of rotatable bonds is 0. The molecule has 88 valence electrons. The summed E-state index contributed by atoms with van der Waals surface area (Å²) in [6, 6.07) is 0. The van der Waals surface area contributed by atoms with Crippen molar-refractivity contribution in [3.05, 3.63) is 0 Å². The highest BCUT2D eigenvalue weighted by molar-refractivity contribution is 5.33. The summed E-state index contributed by atoms with van der Waals surface area (Å²) in [5.74, 6) is 0.125. The third kappa shape index (κ3) is 12.3. The van der Waals surface area contributed by atoms with Gasteiger partial charge in [-0.1, -0.05) is 0 Å². The molecule has 8 N–H and O–H groups in total. The number of nitrogen functional groups attached to an aromatic ring is 3. The maximum atomic E-state index is 7.57. The van der Waals surface area contributed by atoms with E-state index in [4.69, 9.17) is 27.4 Å². The minimum absolute atomic E-state index is 0.0417. The van der Waals surface area contributed by atoms with Gasteiger partial charge in [0.1, 0.15) is 0 Å². The maximum absolute atomic E-state index is 7.57. The second-order valence-corrected chi connectivity index (χ2v) is 2.04. The Morgan fingerprint density at radius 2 is 0.933 bits per heavy atom. The minimum Gasteiger partial charge on any atom is -0.397 e. The van der Waals surface area contributed by atoms with Crippen LogP contribution in [0.5, 0.6) is 0 Å². The molecule has 1 rings (SSSR count). The summed E-state index contributed by atoms with van der Waals surface area (Å²) in [7, 11) is 0. The summed E-state index contributed by atoms with van der Waals surface area (Å²) in [4.78, 5) is 10.5. The number of nitrogens with two attached hydrogens (primary N) is 3. The van der Waals surface area contributed by atoms with E-state index in [9.17, 15) is 0 Å². The van der Waals surface area contributed by atoms with Crippen molar-refractivity contribution in [1.82, 2.24) is 15.0 Å². The number of nitrogens with zero attached hydrogens (tertiary/aromatic N) is 3. The van der Waals surface area contributed by atoms with Crippen LogP contribution in [-0.4, -0.2) is 38.4 Å². The lowest BCUT2D eigenvalue weighted by molar-refractivity contribution is 0.318. The van der Waals surface area contributed by atoms with Crippen LogP contribution in [0.3, 0.4) is 0 Å². The Balaban J connectivity index is 0. The molecule has 8 nitrogen and oxygen atoms in total. The zero-order valence-corrected chi connectivity index (χ0v) is 8.88. The highest BCUT2D eigenvalue weighted by Gasteiger charge is 1.93. The lowest BCUT2D eigenvalue weighted by Crippen LogP contribution is -2.05. The molecule has 0 spiro atoms. The molecule has 0 aromatic carbocycles. The number of anilines is 3. The molecule has 0 aliphatic heterocycles. The van der Waals surface area contributed by atoms with Crippen molar-refractivity contribution in [3.8, 4) is 0 Å². The molecule has 0 fully saturated rings. The Morgan fingerprint density at radius 3 is 1.07 bits per heavy atom. The van der Waals surface area contributed by atoms with E-state index in [1.54, 1.807) is 13.8 Å². The number of aliphatic hydroxyl groups is 2. The first kappa shape index (κ1) is 15.8. The highest BCUT2D eigenvalue weighted by atomic mass is 16.3. The fourth-order valence-corrected chi connectivity index (χ4v) is 0.427. The van der Waals surface area contributed by atoms with Crippen molar-refractivity contribution < 1.29 is 10.2 Å². The van der Waals surface area contributed by atoms with Gasteiger partial charge in [-0.25, -0.2) is 0 Å². The van der Waals surface area contributed by atoms with Crippen LogP contribution in [0.15, 0.2) is 0 Å². The van der Waals surface area contributed by atoms with E-state index in [1.807, 2.05) is 0 Å². The number of aromatic nitrogens is 3. The van der Waals surface area contributed by atoms with Crippen molar-refractivity contribution >= 4 is 17.8 Å². The van der Waals surface area contributed by atoms with Crippen LogP contribution in [0, 0.1) is 0 Å². The second kappa shape index (κ2) is 10.4. The van der Waals surface area contributed by atoms with Gasteiger partial charge in [-0.2, -0.15) is 15.0 Å². The van der Waals surface area contributed by atoms with Crippen LogP contribution in [0.2, 0.25) is 0 Å². The SMILES string of the molecule is CCO.CCO.Nc1nc(N)nc(N)n1. The topological polar surface area (TPSA) is 157 Å². The zero-order chi connectivity index (χ0) is 12.3. The largest absolute Gasteiger partial charge is 0.397 e. The summed E-state index contributed by atoms with van der Waals surface area (Å²) in [5.41, 5.74) is 15.4. The first-order valence-corrected chi connectivity index (χ1v) is 4.25. The highest BCUT2D eigenvalue weighted by Crippen LogP contribution is 1.97. The monoisotopic (exact) mass is 218 g/mol. The van der Waals surface area contributed by atoms with Gasteiger partial charge in [-0.05, 0) is 13.8 Å². The van der Waals surface area contributed by atoms with Crippen LogP contribution in [0.25, 0.3) is 0 Å². The van der Waals surface area contributed by atoms with Gasteiger partial charge in [-0.15, -0.1) is 0 Å². The van der Waals surface area contributed by atoms with E-state index < -0.39 is 0 Å². The second-order valence-electron chi connectivity index (χ2n) is 2.04. The van der Waals surface area contributed by atoms with Crippen molar-refractivity contribution in [1.29, 1.82) is 0 Å². The molecule has 0 unspecified atom stereocenters. The molecule has 0 aliphatic carbocycles. The zero-order valence-electron chi connectivity index (χ0n) is 8.88. The fraction of sp³-hybridized carbons (Fsp3) is 0.571. The van der Waals surface area contributed by atoms with Gasteiger partial charge in [0.2, 0.25) is 17.8 Å². The van der Waals surface area contributed by atoms with Crippen LogP contribution < -0.4 is 17.2 Å². The van der Waals surface area contributed by atoms with E-state index in [0.29, 0.717) is 0 Å². The lowest BCUT2D eigenvalue weighted by atomic mass is 10.9. The van der Waals surface area contributed by atoms with Gasteiger partial charge >= 0.3 is 0 Å². The molecule has 0 amide bonds. The molecule has 1 aromatic heterocycles. The first-order valence-electron chi connectivity index (χ1n) is 4.25. The predicted octanol–water partition coefficient (Wildman–Crippen LogP) is -1.38. The van der Waals surface area contributed by atoms with E-state index in [0.717, 1.165) is 0 Å². The number of hydrogen-bond acceptors (Lipinski definition) is 8. The Morgan fingerprint density at radius 1 is 0.800 bits per heavy atom. The predicted molar refractivity (Wildman–Crippen MR) is 58.6 cm³/mol. The Bertz CT molecular complexity index is 205. The fourth-order valence-electron chi connectivity index (χ4n) is 0.427. The molecular formula is C7H18N6O2. The van der Waals surface area contributed by atoms with Crippen LogP contribution >= 0.6 is 0 Å². The molecule has 0 bridgehead atoms. The Labute approximate surface area is 88.2 Å². The number of aliphatic hydroxyl groups excluding tert-OH is 2. The summed E-state index contributed by atoms with van der Waals surface area (Å²) >= 11 is 0. The summed E-state index contributed by atoms with van der Waals surface area (Å²) in [5, 5.41) is 15.1. The molecule has 1 heterocycles. The lowest BCUT2D eigenvalue weighted by Gasteiger charge is -1.93. The van der Waals surface area contributed by atoms with E-state index in [2.05, 4.69) is 15.0 Å². The van der Waals surface area contributed by atoms with Gasteiger partial charge in [0.25, 0.3) is 0 Å². The number of hydrogen-bond donors (Lipinski definition) is 5. The first-order chi connectivity index (χ1) is 7.01. The maximum Gasteiger partial charge on any atom is 0.226 e. The van der Waals surface area contributed by atoms with Crippen molar-refractivity contribution in [3.63, 3.8) is 0 Å². The van der Waals surface area contributed by atoms with Crippen LogP contribution in [-0.2, 0) is 0 Å². The van der Waals surface area contributed by atoms with Gasteiger partial charge < -0.3 is 27.4 Å². The molecule has 0 saturated carbocycles. The molecule has 0 aliphatic rings. The molecule has 0 radical (unpaired) electrons. The minimum atomic E-state index is 0.0417. The third-order valence-electron chi connectivity index (χ3n) is 0.687. The average Bonchev–Trinajstić information content (AvgIpc) is 2.03.